The first-order valence-electron chi connectivity index (χ1n) is 5.82. The van der Waals surface area contributed by atoms with Crippen LogP contribution < -0.4 is 14.9 Å². The highest BCUT2D eigenvalue weighted by Gasteiger charge is 2.11. The molecule has 0 spiro atoms. The molecule has 0 saturated heterocycles. The molecule has 4 nitrogen and oxygen atoms in total. The Morgan fingerprint density at radius 3 is 2.58 bits per heavy atom. The fourth-order valence-corrected chi connectivity index (χ4v) is 2.12. The Hall–Kier alpha value is -2.49. The van der Waals surface area contributed by atoms with E-state index in [1.807, 2.05) is 0 Å². The largest absolute Gasteiger partial charge is 0.497 e. The SMILES string of the molecule is COc1ccc2oc3c(OC)cccc3c(=O)c2c1. The van der Waals surface area contributed by atoms with E-state index in [2.05, 4.69) is 0 Å². The van der Waals surface area contributed by atoms with Crippen molar-refractivity contribution >= 4 is 21.9 Å². The third-order valence-electron chi connectivity index (χ3n) is 3.09. The number of benzene rings is 2. The molecule has 0 unspecified atom stereocenters. The van der Waals surface area contributed by atoms with E-state index < -0.39 is 0 Å². The number of hydrogen-bond donors (Lipinski definition) is 0. The second-order valence-corrected chi connectivity index (χ2v) is 4.13. The van der Waals surface area contributed by atoms with E-state index in [4.69, 9.17) is 13.9 Å². The summed E-state index contributed by atoms with van der Waals surface area (Å²) in [7, 11) is 3.11. The summed E-state index contributed by atoms with van der Waals surface area (Å²) < 4.78 is 16.1. The van der Waals surface area contributed by atoms with E-state index in [0.29, 0.717) is 33.4 Å². The van der Waals surface area contributed by atoms with Crippen molar-refractivity contribution < 1.29 is 13.9 Å². The predicted molar refractivity (Wildman–Crippen MR) is 73.1 cm³/mol. The van der Waals surface area contributed by atoms with Crippen molar-refractivity contribution in [3.8, 4) is 11.5 Å². The summed E-state index contributed by atoms with van der Waals surface area (Å²) in [6.07, 6.45) is 0. The van der Waals surface area contributed by atoms with Crippen LogP contribution in [-0.4, -0.2) is 14.2 Å². The van der Waals surface area contributed by atoms with Crippen LogP contribution in [0.1, 0.15) is 0 Å². The molecule has 3 aromatic rings. The molecule has 0 aliphatic heterocycles. The van der Waals surface area contributed by atoms with Gasteiger partial charge in [0.15, 0.2) is 11.3 Å². The molecule has 0 saturated carbocycles. The fraction of sp³-hybridized carbons (Fsp3) is 0.133. The van der Waals surface area contributed by atoms with Gasteiger partial charge in [0.25, 0.3) is 0 Å². The van der Waals surface area contributed by atoms with Crippen molar-refractivity contribution in [1.29, 1.82) is 0 Å². The first-order valence-corrected chi connectivity index (χ1v) is 5.82. The average molecular weight is 256 g/mol. The van der Waals surface area contributed by atoms with Gasteiger partial charge >= 0.3 is 0 Å². The molecule has 0 radical (unpaired) electrons. The molecule has 4 heteroatoms. The van der Waals surface area contributed by atoms with E-state index in [1.165, 1.54) is 0 Å². The van der Waals surface area contributed by atoms with Gasteiger partial charge in [-0.3, -0.25) is 4.79 Å². The van der Waals surface area contributed by atoms with Crippen LogP contribution in [0.25, 0.3) is 21.9 Å². The molecule has 0 aliphatic carbocycles. The molecule has 0 amide bonds. The van der Waals surface area contributed by atoms with Crippen molar-refractivity contribution in [2.45, 2.75) is 0 Å². The van der Waals surface area contributed by atoms with Crippen LogP contribution in [0.15, 0.2) is 45.6 Å². The Balaban J connectivity index is 2.48. The molecular formula is C15H12O4. The average Bonchev–Trinajstić information content (AvgIpc) is 2.46. The monoisotopic (exact) mass is 256 g/mol. The molecule has 0 atom stereocenters. The first kappa shape index (κ1) is 11.6. The van der Waals surface area contributed by atoms with Crippen molar-refractivity contribution in [3.63, 3.8) is 0 Å². The van der Waals surface area contributed by atoms with Gasteiger partial charge < -0.3 is 13.9 Å². The van der Waals surface area contributed by atoms with Gasteiger partial charge in [-0.1, -0.05) is 6.07 Å². The van der Waals surface area contributed by atoms with Crippen molar-refractivity contribution in [2.75, 3.05) is 14.2 Å². The lowest BCUT2D eigenvalue weighted by atomic mass is 10.1. The topological polar surface area (TPSA) is 48.7 Å². The highest BCUT2D eigenvalue weighted by molar-refractivity contribution is 5.92. The Labute approximate surface area is 109 Å². The standard InChI is InChI=1S/C15H12O4/c1-17-9-6-7-12-11(8-9)14(16)10-4-3-5-13(18-2)15(10)19-12/h3-8H,1-2H3. The zero-order chi connectivity index (χ0) is 13.4. The minimum atomic E-state index is -0.0888. The quantitative estimate of drug-likeness (QED) is 0.661. The van der Waals surface area contributed by atoms with Gasteiger partial charge in [0.05, 0.1) is 25.0 Å². The van der Waals surface area contributed by atoms with Crippen LogP contribution in [0.3, 0.4) is 0 Å². The summed E-state index contributed by atoms with van der Waals surface area (Å²) in [5.41, 5.74) is 0.893. The van der Waals surface area contributed by atoms with Gasteiger partial charge in [-0.05, 0) is 30.3 Å². The van der Waals surface area contributed by atoms with Gasteiger partial charge in [-0.15, -0.1) is 0 Å². The van der Waals surface area contributed by atoms with Crippen molar-refractivity contribution in [1.82, 2.24) is 0 Å². The maximum atomic E-state index is 12.5. The lowest BCUT2D eigenvalue weighted by Gasteiger charge is -2.06. The van der Waals surface area contributed by atoms with E-state index in [9.17, 15) is 4.79 Å². The molecule has 96 valence electrons. The highest BCUT2D eigenvalue weighted by atomic mass is 16.5. The highest BCUT2D eigenvalue weighted by Crippen LogP contribution is 2.28. The summed E-state index contributed by atoms with van der Waals surface area (Å²) in [6, 6.07) is 10.4. The van der Waals surface area contributed by atoms with Gasteiger partial charge in [-0.2, -0.15) is 0 Å². The molecule has 1 heterocycles. The summed E-state index contributed by atoms with van der Waals surface area (Å²) in [6.45, 7) is 0. The maximum absolute atomic E-state index is 12.5. The van der Waals surface area contributed by atoms with E-state index in [0.717, 1.165) is 0 Å². The smallest absolute Gasteiger partial charge is 0.200 e. The van der Waals surface area contributed by atoms with E-state index in [1.54, 1.807) is 50.6 Å². The molecular weight excluding hydrogens is 244 g/mol. The maximum Gasteiger partial charge on any atom is 0.200 e. The molecule has 0 aliphatic rings. The molecule has 0 fully saturated rings. The summed E-state index contributed by atoms with van der Waals surface area (Å²) in [5, 5.41) is 1.00. The fourth-order valence-electron chi connectivity index (χ4n) is 2.12. The first-order chi connectivity index (χ1) is 9.24. The minimum absolute atomic E-state index is 0.0888. The number of fused-ring (bicyclic) bond motifs is 2. The predicted octanol–water partition coefficient (Wildman–Crippen LogP) is 2.96. The van der Waals surface area contributed by atoms with Crippen LogP contribution >= 0.6 is 0 Å². The lowest BCUT2D eigenvalue weighted by molar-refractivity contribution is 0.411. The van der Waals surface area contributed by atoms with Crippen molar-refractivity contribution in [2.24, 2.45) is 0 Å². The number of para-hydroxylation sites is 1. The molecule has 0 bridgehead atoms. The number of methoxy groups -OCH3 is 2. The normalized spacial score (nSPS) is 10.8. The summed E-state index contributed by atoms with van der Waals surface area (Å²) in [4.78, 5) is 12.5. The molecule has 19 heavy (non-hydrogen) atoms. The lowest BCUT2D eigenvalue weighted by Crippen LogP contribution is -2.03. The molecule has 1 aromatic heterocycles. The summed E-state index contributed by atoms with van der Waals surface area (Å²) in [5.74, 6) is 1.18. The number of rotatable bonds is 2. The molecule has 2 aromatic carbocycles. The van der Waals surface area contributed by atoms with Gasteiger partial charge in [0.2, 0.25) is 5.43 Å². The van der Waals surface area contributed by atoms with Gasteiger partial charge in [0.1, 0.15) is 11.3 Å². The van der Waals surface area contributed by atoms with Crippen LogP contribution in [0.2, 0.25) is 0 Å². The molecule has 0 N–H and O–H groups in total. The number of hydrogen-bond acceptors (Lipinski definition) is 4. The van der Waals surface area contributed by atoms with Crippen LogP contribution in [0.5, 0.6) is 11.5 Å². The van der Waals surface area contributed by atoms with Crippen LogP contribution in [0.4, 0.5) is 0 Å². The minimum Gasteiger partial charge on any atom is -0.497 e. The number of ether oxygens (including phenoxy) is 2. The van der Waals surface area contributed by atoms with Gasteiger partial charge in [-0.25, -0.2) is 0 Å². The van der Waals surface area contributed by atoms with Crippen LogP contribution in [-0.2, 0) is 0 Å². The third-order valence-corrected chi connectivity index (χ3v) is 3.09. The Kier molecular flexibility index (Phi) is 2.63. The Morgan fingerprint density at radius 1 is 1.00 bits per heavy atom. The van der Waals surface area contributed by atoms with E-state index in [-0.39, 0.29) is 5.43 Å². The zero-order valence-corrected chi connectivity index (χ0v) is 10.6. The van der Waals surface area contributed by atoms with Crippen molar-refractivity contribution in [3.05, 3.63) is 46.6 Å². The second kappa shape index (κ2) is 4.31. The Bertz CT molecular complexity index is 811. The van der Waals surface area contributed by atoms with Gasteiger partial charge in [0, 0.05) is 0 Å². The molecule has 3 rings (SSSR count). The Morgan fingerprint density at radius 2 is 1.84 bits per heavy atom. The third kappa shape index (κ3) is 1.73. The summed E-state index contributed by atoms with van der Waals surface area (Å²) >= 11 is 0. The zero-order valence-electron chi connectivity index (χ0n) is 10.6. The second-order valence-electron chi connectivity index (χ2n) is 4.13. The van der Waals surface area contributed by atoms with E-state index >= 15 is 0 Å². The van der Waals surface area contributed by atoms with Crippen LogP contribution in [0, 0.1) is 0 Å².